The SMILES string of the molecule is Cc1ccc(/C=[N+]([O-])/[N+]([O-])=C/c2ccc(C)cc2)cc1. The molecule has 0 aliphatic rings. The Labute approximate surface area is 118 Å². The van der Waals surface area contributed by atoms with Gasteiger partial charge in [-0.1, -0.05) is 35.4 Å². The van der Waals surface area contributed by atoms with E-state index in [4.69, 9.17) is 0 Å². The quantitative estimate of drug-likeness (QED) is 0.372. The minimum atomic E-state index is 0.268. The lowest BCUT2D eigenvalue weighted by Gasteiger charge is -2.00. The number of hydrazine groups is 1. The summed E-state index contributed by atoms with van der Waals surface area (Å²) in [5, 5.41) is 23.4. The van der Waals surface area contributed by atoms with Crippen LogP contribution in [0.3, 0.4) is 0 Å². The lowest BCUT2D eigenvalue weighted by atomic mass is 10.2. The second kappa shape index (κ2) is 6.02. The number of rotatable bonds is 3. The van der Waals surface area contributed by atoms with Crippen LogP contribution in [0.1, 0.15) is 22.3 Å². The Morgan fingerprint density at radius 2 is 0.950 bits per heavy atom. The van der Waals surface area contributed by atoms with Crippen LogP contribution >= 0.6 is 0 Å². The van der Waals surface area contributed by atoms with E-state index in [0.717, 1.165) is 11.1 Å². The van der Waals surface area contributed by atoms with Crippen molar-refractivity contribution >= 4 is 12.4 Å². The predicted octanol–water partition coefficient (Wildman–Crippen LogP) is 2.78. The van der Waals surface area contributed by atoms with E-state index in [1.807, 2.05) is 38.1 Å². The van der Waals surface area contributed by atoms with Crippen molar-refractivity contribution in [2.75, 3.05) is 0 Å². The van der Waals surface area contributed by atoms with Gasteiger partial charge in [0, 0.05) is 11.1 Å². The summed E-state index contributed by atoms with van der Waals surface area (Å²) in [6, 6.07) is 14.7. The molecular formula is C16H16N2O2. The highest BCUT2D eigenvalue weighted by atomic mass is 16.7. The molecule has 0 bridgehead atoms. The fraction of sp³-hybridized carbons (Fsp3) is 0.125. The third-order valence-corrected chi connectivity index (χ3v) is 2.87. The van der Waals surface area contributed by atoms with Gasteiger partial charge in [-0.3, -0.25) is 0 Å². The molecule has 0 aliphatic carbocycles. The second-order valence-corrected chi connectivity index (χ2v) is 4.68. The first kappa shape index (κ1) is 13.8. The average Bonchev–Trinajstić information content (AvgIpc) is 2.44. The molecule has 0 radical (unpaired) electrons. The number of hydrogen-bond donors (Lipinski definition) is 0. The molecule has 0 aromatic heterocycles. The van der Waals surface area contributed by atoms with Crippen LogP contribution in [0, 0.1) is 24.3 Å². The smallest absolute Gasteiger partial charge is 0.260 e. The van der Waals surface area contributed by atoms with Gasteiger partial charge in [0.15, 0.2) is 0 Å². The van der Waals surface area contributed by atoms with Crippen molar-refractivity contribution in [1.29, 1.82) is 0 Å². The predicted molar refractivity (Wildman–Crippen MR) is 79.9 cm³/mol. The van der Waals surface area contributed by atoms with Crippen LogP contribution in [0.4, 0.5) is 0 Å². The molecule has 0 saturated heterocycles. The van der Waals surface area contributed by atoms with Crippen LogP contribution in [0.5, 0.6) is 0 Å². The first-order valence-electron chi connectivity index (χ1n) is 6.30. The largest absolute Gasteiger partial charge is 0.561 e. The van der Waals surface area contributed by atoms with Crippen molar-refractivity contribution in [3.8, 4) is 0 Å². The minimum Gasteiger partial charge on any atom is -0.561 e. The minimum absolute atomic E-state index is 0.268. The molecule has 2 aromatic rings. The molecular weight excluding hydrogens is 252 g/mol. The van der Waals surface area contributed by atoms with Crippen molar-refractivity contribution in [3.63, 3.8) is 0 Å². The fourth-order valence-corrected chi connectivity index (χ4v) is 1.67. The summed E-state index contributed by atoms with van der Waals surface area (Å²) in [6.45, 7) is 3.92. The summed E-state index contributed by atoms with van der Waals surface area (Å²) in [5.74, 6) is 0. The van der Waals surface area contributed by atoms with E-state index in [-0.39, 0.29) is 9.70 Å². The van der Waals surface area contributed by atoms with Crippen molar-refractivity contribution in [3.05, 3.63) is 81.2 Å². The Bertz CT molecular complexity index is 582. The Balaban J connectivity index is 2.21. The Kier molecular flexibility index (Phi) is 4.15. The van der Waals surface area contributed by atoms with E-state index in [2.05, 4.69) is 0 Å². The van der Waals surface area contributed by atoms with E-state index < -0.39 is 0 Å². The first-order chi connectivity index (χ1) is 9.54. The molecule has 0 saturated carbocycles. The van der Waals surface area contributed by atoms with Gasteiger partial charge in [-0.05, 0) is 38.1 Å². The molecule has 0 unspecified atom stereocenters. The summed E-state index contributed by atoms with van der Waals surface area (Å²) in [5.41, 5.74) is 3.57. The Hall–Kier alpha value is -2.62. The van der Waals surface area contributed by atoms with Crippen LogP contribution in [-0.4, -0.2) is 22.1 Å². The van der Waals surface area contributed by atoms with Crippen molar-refractivity contribution in [1.82, 2.24) is 0 Å². The van der Waals surface area contributed by atoms with Crippen LogP contribution in [0.2, 0.25) is 0 Å². The zero-order valence-electron chi connectivity index (χ0n) is 11.5. The maximum absolute atomic E-state index is 11.7. The van der Waals surface area contributed by atoms with Crippen LogP contribution in [-0.2, 0) is 0 Å². The zero-order chi connectivity index (χ0) is 14.5. The molecule has 0 atom stereocenters. The molecule has 4 nitrogen and oxygen atoms in total. The summed E-state index contributed by atoms with van der Waals surface area (Å²) < 4.78 is 0. The molecule has 0 fully saturated rings. The molecule has 0 spiro atoms. The fourth-order valence-electron chi connectivity index (χ4n) is 1.67. The lowest BCUT2D eigenvalue weighted by molar-refractivity contribution is -1.05. The van der Waals surface area contributed by atoms with Crippen molar-refractivity contribution < 1.29 is 9.70 Å². The van der Waals surface area contributed by atoms with Gasteiger partial charge in [-0.15, -0.1) is 0 Å². The highest BCUT2D eigenvalue weighted by Gasteiger charge is 2.04. The summed E-state index contributed by atoms with van der Waals surface area (Å²) in [7, 11) is 0. The van der Waals surface area contributed by atoms with E-state index in [1.54, 1.807) is 24.3 Å². The molecule has 0 heterocycles. The van der Waals surface area contributed by atoms with Gasteiger partial charge in [0.2, 0.25) is 0 Å². The summed E-state index contributed by atoms with van der Waals surface area (Å²) in [6.07, 6.45) is 2.49. The molecule has 0 aliphatic heterocycles. The lowest BCUT2D eigenvalue weighted by Crippen LogP contribution is -2.18. The van der Waals surface area contributed by atoms with E-state index >= 15 is 0 Å². The number of hydrazone groups is 2. The first-order valence-corrected chi connectivity index (χ1v) is 6.30. The number of benzene rings is 2. The molecule has 2 rings (SSSR count). The van der Waals surface area contributed by atoms with Gasteiger partial charge >= 0.3 is 0 Å². The Morgan fingerprint density at radius 3 is 1.25 bits per heavy atom. The molecule has 102 valence electrons. The van der Waals surface area contributed by atoms with Gasteiger partial charge < -0.3 is 10.4 Å². The summed E-state index contributed by atoms with van der Waals surface area (Å²) >= 11 is 0. The number of hydrogen-bond acceptors (Lipinski definition) is 2. The monoisotopic (exact) mass is 268 g/mol. The van der Waals surface area contributed by atoms with Crippen molar-refractivity contribution in [2.24, 2.45) is 0 Å². The van der Waals surface area contributed by atoms with Gasteiger partial charge in [0.05, 0.1) is 9.70 Å². The highest BCUT2D eigenvalue weighted by molar-refractivity contribution is 5.77. The molecule has 20 heavy (non-hydrogen) atoms. The zero-order valence-corrected chi connectivity index (χ0v) is 11.5. The van der Waals surface area contributed by atoms with Gasteiger partial charge in [0.25, 0.3) is 12.4 Å². The maximum atomic E-state index is 11.7. The van der Waals surface area contributed by atoms with Gasteiger partial charge in [0.1, 0.15) is 0 Å². The highest BCUT2D eigenvalue weighted by Crippen LogP contribution is 2.01. The molecule has 2 aromatic carbocycles. The third kappa shape index (κ3) is 3.68. The normalized spacial score (nSPS) is 12.5. The molecule has 0 N–H and O–H groups in total. The maximum Gasteiger partial charge on any atom is 0.260 e. The van der Waals surface area contributed by atoms with Crippen LogP contribution < -0.4 is 0 Å². The number of nitrogens with zero attached hydrogens (tertiary/aromatic N) is 2. The van der Waals surface area contributed by atoms with Crippen LogP contribution in [0.25, 0.3) is 0 Å². The molecule has 4 heteroatoms. The molecule has 0 amide bonds. The second-order valence-electron chi connectivity index (χ2n) is 4.68. The van der Waals surface area contributed by atoms with Crippen molar-refractivity contribution in [2.45, 2.75) is 13.8 Å². The topological polar surface area (TPSA) is 52.1 Å². The summed E-state index contributed by atoms with van der Waals surface area (Å²) in [4.78, 5) is 0.537. The van der Waals surface area contributed by atoms with Gasteiger partial charge in [-0.25, -0.2) is 0 Å². The van der Waals surface area contributed by atoms with Gasteiger partial charge in [-0.2, -0.15) is 0 Å². The van der Waals surface area contributed by atoms with E-state index in [9.17, 15) is 10.4 Å². The van der Waals surface area contributed by atoms with E-state index in [0.29, 0.717) is 11.1 Å². The Morgan fingerprint density at radius 1 is 0.650 bits per heavy atom. The standard InChI is InChI=1S/C16H16N2O2/c1-13-3-7-15(8-4-13)11-17(19)18(20)12-16-9-5-14(2)6-10-16/h3-12H,1-2H3/b17-11-,18-12-. The van der Waals surface area contributed by atoms with E-state index in [1.165, 1.54) is 12.4 Å². The number of aryl methyl sites for hydroxylation is 2. The van der Waals surface area contributed by atoms with Crippen LogP contribution in [0.15, 0.2) is 48.5 Å². The third-order valence-electron chi connectivity index (χ3n) is 2.87. The average molecular weight is 268 g/mol.